The summed E-state index contributed by atoms with van der Waals surface area (Å²) in [6.45, 7) is 3.59. The van der Waals surface area contributed by atoms with Gasteiger partial charge in [-0.3, -0.25) is 14.9 Å². The zero-order valence-corrected chi connectivity index (χ0v) is 14.0. The zero-order chi connectivity index (χ0) is 17.0. The first kappa shape index (κ1) is 17.5. The molecule has 1 aliphatic heterocycles. The molecule has 1 aromatic carbocycles. The lowest BCUT2D eigenvalue weighted by Gasteiger charge is -2.20. The van der Waals surface area contributed by atoms with Gasteiger partial charge >= 0.3 is 5.97 Å². The number of anilines is 1. The number of hydrogen-bond acceptors (Lipinski definition) is 7. The third kappa shape index (κ3) is 3.92. The molecule has 1 aromatic rings. The van der Waals surface area contributed by atoms with Crippen LogP contribution < -0.4 is 20.3 Å². The monoisotopic (exact) mass is 343 g/mol. The van der Waals surface area contributed by atoms with Crippen LogP contribution in [0.25, 0.3) is 0 Å². The molecule has 1 fully saturated rings. The first-order valence-corrected chi connectivity index (χ1v) is 8.77. The highest BCUT2D eigenvalue weighted by Crippen LogP contribution is 2.24. The Bertz CT molecular complexity index is 647. The number of hydrazine groups is 1. The first-order chi connectivity index (χ1) is 10.9. The van der Waals surface area contributed by atoms with Crippen molar-refractivity contribution in [3.8, 4) is 5.75 Å². The van der Waals surface area contributed by atoms with E-state index in [0.717, 1.165) is 0 Å². The highest BCUT2D eigenvalue weighted by Gasteiger charge is 2.46. The molecular formula is C14H21N3O5S. The van der Waals surface area contributed by atoms with E-state index in [1.54, 1.807) is 38.1 Å². The van der Waals surface area contributed by atoms with Crippen LogP contribution >= 0.6 is 0 Å². The number of rotatable bonds is 6. The molecule has 23 heavy (non-hydrogen) atoms. The molecule has 9 heteroatoms. The number of hydrogen-bond donors (Lipinski definition) is 3. The van der Waals surface area contributed by atoms with Gasteiger partial charge in [-0.25, -0.2) is 13.8 Å². The second-order valence-corrected chi connectivity index (χ2v) is 6.95. The van der Waals surface area contributed by atoms with Gasteiger partial charge < -0.3 is 9.47 Å². The Labute approximate surface area is 135 Å². The van der Waals surface area contributed by atoms with Crippen LogP contribution in [-0.4, -0.2) is 39.5 Å². The minimum atomic E-state index is -3.84. The second kappa shape index (κ2) is 7.16. The molecule has 1 saturated heterocycles. The summed E-state index contributed by atoms with van der Waals surface area (Å²) in [5.41, 5.74) is 5.82. The van der Waals surface area contributed by atoms with Crippen molar-refractivity contribution in [3.05, 3.63) is 24.3 Å². The van der Waals surface area contributed by atoms with Gasteiger partial charge in [0.05, 0.1) is 13.7 Å². The molecule has 0 amide bonds. The van der Waals surface area contributed by atoms with Crippen molar-refractivity contribution in [2.75, 3.05) is 18.4 Å². The van der Waals surface area contributed by atoms with Crippen LogP contribution in [0.5, 0.6) is 5.75 Å². The predicted molar refractivity (Wildman–Crippen MR) is 85.2 cm³/mol. The second-order valence-electron chi connectivity index (χ2n) is 5.15. The van der Waals surface area contributed by atoms with Crippen molar-refractivity contribution < 1.29 is 22.7 Å². The average molecular weight is 343 g/mol. The molecule has 0 radical (unpaired) electrons. The summed E-state index contributed by atoms with van der Waals surface area (Å²) >= 11 is 0. The number of sulfonamides is 1. The SMILES string of the molecule is CCOC(=O)C1C(C)NNC1S(=O)(=O)Nc1ccc(OC)cc1. The summed E-state index contributed by atoms with van der Waals surface area (Å²) in [5.74, 6) is -0.778. The standard InChI is InChI=1S/C14H21N3O5S/c1-4-22-14(18)12-9(2)15-16-13(12)23(19,20)17-10-5-7-11(21-3)8-6-10/h5-9,12-13,15-17H,4H2,1-3H3. The highest BCUT2D eigenvalue weighted by molar-refractivity contribution is 7.93. The molecule has 0 aliphatic carbocycles. The molecule has 0 saturated carbocycles. The van der Waals surface area contributed by atoms with Crippen LogP contribution in [0.1, 0.15) is 13.8 Å². The van der Waals surface area contributed by atoms with E-state index in [9.17, 15) is 13.2 Å². The summed E-state index contributed by atoms with van der Waals surface area (Å²) in [5, 5.41) is -1.13. The van der Waals surface area contributed by atoms with Crippen molar-refractivity contribution in [2.45, 2.75) is 25.3 Å². The van der Waals surface area contributed by atoms with Crippen molar-refractivity contribution in [1.29, 1.82) is 0 Å². The van der Waals surface area contributed by atoms with Gasteiger partial charge in [-0.1, -0.05) is 0 Å². The predicted octanol–water partition coefficient (Wildman–Crippen LogP) is 0.439. The topological polar surface area (TPSA) is 106 Å². The van der Waals surface area contributed by atoms with Crippen LogP contribution in [0.3, 0.4) is 0 Å². The van der Waals surface area contributed by atoms with Gasteiger partial charge in [0.1, 0.15) is 11.7 Å². The maximum atomic E-state index is 12.6. The van der Waals surface area contributed by atoms with Crippen LogP contribution in [-0.2, 0) is 19.6 Å². The van der Waals surface area contributed by atoms with Crippen molar-refractivity contribution in [2.24, 2.45) is 5.92 Å². The largest absolute Gasteiger partial charge is 0.497 e. The lowest BCUT2D eigenvalue weighted by Crippen LogP contribution is -2.44. The van der Waals surface area contributed by atoms with E-state index in [-0.39, 0.29) is 12.6 Å². The normalized spacial score (nSPS) is 24.2. The van der Waals surface area contributed by atoms with E-state index in [1.807, 2.05) is 0 Å². The molecule has 8 nitrogen and oxygen atoms in total. The molecule has 3 N–H and O–H groups in total. The molecule has 0 bridgehead atoms. The van der Waals surface area contributed by atoms with Gasteiger partial charge in [-0.2, -0.15) is 0 Å². The molecule has 128 valence electrons. The Morgan fingerprint density at radius 2 is 1.91 bits per heavy atom. The van der Waals surface area contributed by atoms with Crippen LogP contribution in [0, 0.1) is 5.92 Å². The number of nitrogens with one attached hydrogen (secondary N) is 3. The van der Waals surface area contributed by atoms with Crippen molar-refractivity contribution >= 4 is 21.7 Å². The molecular weight excluding hydrogens is 322 g/mol. The number of ether oxygens (including phenoxy) is 2. The first-order valence-electron chi connectivity index (χ1n) is 7.22. The molecule has 0 aromatic heterocycles. The van der Waals surface area contributed by atoms with Crippen molar-refractivity contribution in [1.82, 2.24) is 10.9 Å². The number of methoxy groups -OCH3 is 1. The maximum Gasteiger partial charge on any atom is 0.313 e. The Kier molecular flexibility index (Phi) is 5.45. The van der Waals surface area contributed by atoms with E-state index in [2.05, 4.69) is 15.6 Å². The zero-order valence-electron chi connectivity index (χ0n) is 13.2. The van der Waals surface area contributed by atoms with Crippen LogP contribution in [0.2, 0.25) is 0 Å². The van der Waals surface area contributed by atoms with E-state index in [1.165, 1.54) is 7.11 Å². The Morgan fingerprint density at radius 1 is 1.26 bits per heavy atom. The highest BCUT2D eigenvalue weighted by atomic mass is 32.2. The molecule has 3 atom stereocenters. The average Bonchev–Trinajstić information content (AvgIpc) is 2.90. The molecule has 1 heterocycles. The lowest BCUT2D eigenvalue weighted by atomic mass is 10.0. The van der Waals surface area contributed by atoms with Crippen molar-refractivity contribution in [3.63, 3.8) is 0 Å². The number of esters is 1. The van der Waals surface area contributed by atoms with E-state index in [0.29, 0.717) is 11.4 Å². The van der Waals surface area contributed by atoms with Gasteiger partial charge in [0, 0.05) is 11.7 Å². The van der Waals surface area contributed by atoms with Gasteiger partial charge in [0.15, 0.2) is 5.37 Å². The number of carbonyl (C=O) groups excluding carboxylic acids is 1. The van der Waals surface area contributed by atoms with Gasteiger partial charge in [-0.05, 0) is 38.1 Å². The van der Waals surface area contributed by atoms with Gasteiger partial charge in [-0.15, -0.1) is 0 Å². The maximum absolute atomic E-state index is 12.6. The summed E-state index contributed by atoms with van der Waals surface area (Å²) in [4.78, 5) is 12.0. The third-order valence-corrected chi connectivity index (χ3v) is 5.16. The Hall–Kier alpha value is -1.84. The quantitative estimate of drug-likeness (QED) is 0.644. The Morgan fingerprint density at radius 3 is 2.48 bits per heavy atom. The smallest absolute Gasteiger partial charge is 0.313 e. The minimum absolute atomic E-state index is 0.195. The van der Waals surface area contributed by atoms with Gasteiger partial charge in [0.2, 0.25) is 0 Å². The van der Waals surface area contributed by atoms with E-state index >= 15 is 0 Å². The summed E-state index contributed by atoms with van der Waals surface area (Å²) in [7, 11) is -2.32. The van der Waals surface area contributed by atoms with Crippen LogP contribution in [0.15, 0.2) is 24.3 Å². The fraction of sp³-hybridized carbons (Fsp3) is 0.500. The number of carbonyl (C=O) groups is 1. The van der Waals surface area contributed by atoms with Gasteiger partial charge in [0.25, 0.3) is 10.0 Å². The molecule has 3 unspecified atom stereocenters. The molecule has 2 rings (SSSR count). The lowest BCUT2D eigenvalue weighted by molar-refractivity contribution is -0.148. The summed E-state index contributed by atoms with van der Waals surface area (Å²) in [6.07, 6.45) is 0. The van der Waals surface area contributed by atoms with E-state index in [4.69, 9.17) is 9.47 Å². The van der Waals surface area contributed by atoms with Crippen LogP contribution in [0.4, 0.5) is 5.69 Å². The van der Waals surface area contributed by atoms with E-state index < -0.39 is 27.3 Å². The fourth-order valence-corrected chi connectivity index (χ4v) is 3.93. The molecule has 1 aliphatic rings. The molecule has 0 spiro atoms. The fourth-order valence-electron chi connectivity index (χ4n) is 2.38. The minimum Gasteiger partial charge on any atom is -0.497 e. The Balaban J connectivity index is 2.18. The third-order valence-electron chi connectivity index (χ3n) is 3.56. The number of benzene rings is 1. The summed E-state index contributed by atoms with van der Waals surface area (Å²) in [6, 6.07) is 6.09. The summed E-state index contributed by atoms with van der Waals surface area (Å²) < 4.78 is 37.6.